The fourth-order valence-corrected chi connectivity index (χ4v) is 3.93. The van der Waals surface area contributed by atoms with Gasteiger partial charge in [-0.05, 0) is 36.4 Å². The zero-order valence-electron chi connectivity index (χ0n) is 18.5. The zero-order valence-corrected chi connectivity index (χ0v) is 19.3. The Morgan fingerprint density at radius 1 is 1.09 bits per heavy atom. The van der Waals surface area contributed by atoms with Crippen molar-refractivity contribution in [3.05, 3.63) is 72.7 Å². The van der Waals surface area contributed by atoms with Crippen LogP contribution in [0.25, 0.3) is 10.9 Å². The number of rotatable bonds is 7. The normalized spacial score (nSPS) is 11.4. The van der Waals surface area contributed by atoms with E-state index in [2.05, 4.69) is 20.6 Å². The molecule has 10 heteroatoms. The van der Waals surface area contributed by atoms with E-state index in [1.807, 2.05) is 53.2 Å². The molecule has 0 spiro atoms. The molecule has 3 heterocycles. The van der Waals surface area contributed by atoms with Gasteiger partial charge >= 0.3 is 0 Å². The van der Waals surface area contributed by atoms with Gasteiger partial charge in [0.25, 0.3) is 0 Å². The number of carbonyl (C=O) groups excluding carboxylic acids is 1. The first kappa shape index (κ1) is 22.3. The van der Waals surface area contributed by atoms with Gasteiger partial charge in [-0.3, -0.25) is 9.10 Å². The molecule has 4 aromatic rings. The summed E-state index contributed by atoms with van der Waals surface area (Å²) in [7, 11) is -1.93. The van der Waals surface area contributed by atoms with E-state index < -0.39 is 10.0 Å². The average Bonchev–Trinajstić information content (AvgIpc) is 3.16. The molecule has 0 aliphatic heterocycles. The molecular weight excluding hydrogens is 440 g/mol. The highest BCUT2D eigenvalue weighted by Crippen LogP contribution is 2.25. The highest BCUT2D eigenvalue weighted by molar-refractivity contribution is 7.92. The van der Waals surface area contributed by atoms with Crippen LogP contribution in [0.4, 0.5) is 23.0 Å². The van der Waals surface area contributed by atoms with Crippen LogP contribution in [0.15, 0.2) is 67.1 Å². The lowest BCUT2D eigenvalue weighted by molar-refractivity contribution is -0.114. The van der Waals surface area contributed by atoms with E-state index in [0.717, 1.165) is 34.1 Å². The molecule has 9 nitrogen and oxygen atoms in total. The molecule has 2 N–H and O–H groups in total. The van der Waals surface area contributed by atoms with E-state index in [1.54, 1.807) is 18.5 Å². The molecule has 0 saturated carbocycles. The van der Waals surface area contributed by atoms with E-state index in [-0.39, 0.29) is 5.91 Å². The quantitative estimate of drug-likeness (QED) is 0.433. The molecule has 0 fully saturated rings. The number of carbonyl (C=O) groups is 1. The van der Waals surface area contributed by atoms with E-state index in [0.29, 0.717) is 18.2 Å². The first-order chi connectivity index (χ1) is 15.7. The Hall–Kier alpha value is -3.92. The number of nitrogens with zero attached hydrogens (tertiary/aromatic N) is 4. The Kier molecular flexibility index (Phi) is 6.01. The third-order valence-electron chi connectivity index (χ3n) is 5.14. The fraction of sp³-hybridized carbons (Fsp3) is 0.174. The van der Waals surface area contributed by atoms with Gasteiger partial charge in [0.2, 0.25) is 15.9 Å². The molecule has 0 aliphatic carbocycles. The second-order valence-electron chi connectivity index (χ2n) is 7.67. The van der Waals surface area contributed by atoms with Crippen LogP contribution in [0, 0.1) is 0 Å². The third kappa shape index (κ3) is 5.12. The minimum absolute atomic E-state index is 0.122. The van der Waals surface area contributed by atoms with E-state index >= 15 is 0 Å². The van der Waals surface area contributed by atoms with Crippen LogP contribution in [-0.2, 0) is 21.4 Å². The summed E-state index contributed by atoms with van der Waals surface area (Å²) in [6.07, 6.45) is 6.46. The summed E-state index contributed by atoms with van der Waals surface area (Å²) in [6.45, 7) is 1.91. The molecule has 0 saturated heterocycles. The number of sulfonamides is 1. The lowest BCUT2D eigenvalue weighted by atomic mass is 10.2. The molecule has 0 radical (unpaired) electrons. The number of hydrogen-bond acceptors (Lipinski definition) is 6. The monoisotopic (exact) mass is 464 g/mol. The summed E-state index contributed by atoms with van der Waals surface area (Å²) in [6, 6.07) is 14.9. The average molecular weight is 465 g/mol. The van der Waals surface area contributed by atoms with Gasteiger partial charge in [-0.1, -0.05) is 6.07 Å². The molecular formula is C23H24N6O3S. The van der Waals surface area contributed by atoms with Gasteiger partial charge < -0.3 is 15.2 Å². The van der Waals surface area contributed by atoms with Crippen LogP contribution in [-0.4, -0.2) is 42.2 Å². The minimum Gasteiger partial charge on any atom is -0.343 e. The lowest BCUT2D eigenvalue weighted by Gasteiger charge is -2.19. The van der Waals surface area contributed by atoms with Crippen LogP contribution >= 0.6 is 0 Å². The maximum absolute atomic E-state index is 12.0. The summed E-state index contributed by atoms with van der Waals surface area (Å²) in [5.41, 5.74) is 3.28. The maximum atomic E-state index is 12.0. The van der Waals surface area contributed by atoms with Crippen molar-refractivity contribution >= 4 is 49.8 Å². The second kappa shape index (κ2) is 8.91. The van der Waals surface area contributed by atoms with Crippen LogP contribution < -0.4 is 14.9 Å². The number of benzene rings is 1. The molecule has 170 valence electrons. The van der Waals surface area contributed by atoms with E-state index in [9.17, 15) is 13.2 Å². The molecule has 0 aliphatic rings. The molecule has 1 amide bonds. The number of fused-ring (bicyclic) bond motifs is 1. The fourth-order valence-electron chi connectivity index (χ4n) is 3.46. The smallest absolute Gasteiger partial charge is 0.233 e. The summed E-state index contributed by atoms with van der Waals surface area (Å²) in [4.78, 5) is 19.9. The molecule has 0 unspecified atom stereocenters. The molecule has 4 rings (SSSR count). The lowest BCUT2D eigenvalue weighted by Crippen LogP contribution is -2.27. The summed E-state index contributed by atoms with van der Waals surface area (Å²) >= 11 is 0. The van der Waals surface area contributed by atoms with Gasteiger partial charge in [0, 0.05) is 61.0 Å². The molecule has 0 bridgehead atoms. The van der Waals surface area contributed by atoms with Crippen LogP contribution in [0.1, 0.15) is 12.5 Å². The van der Waals surface area contributed by atoms with Crippen molar-refractivity contribution in [1.82, 2.24) is 14.5 Å². The molecule has 0 atom stereocenters. The highest BCUT2D eigenvalue weighted by atomic mass is 32.2. The first-order valence-electron chi connectivity index (χ1n) is 10.2. The zero-order chi connectivity index (χ0) is 23.6. The minimum atomic E-state index is -3.43. The van der Waals surface area contributed by atoms with Crippen LogP contribution in [0.5, 0.6) is 0 Å². The predicted octanol–water partition coefficient (Wildman–Crippen LogP) is 3.58. The topological polar surface area (TPSA) is 109 Å². The van der Waals surface area contributed by atoms with E-state index in [1.165, 1.54) is 18.3 Å². The first-order valence-corrected chi connectivity index (χ1v) is 12.0. The predicted molar refractivity (Wildman–Crippen MR) is 130 cm³/mol. The van der Waals surface area contributed by atoms with Crippen molar-refractivity contribution in [1.29, 1.82) is 0 Å². The Bertz CT molecular complexity index is 1410. The van der Waals surface area contributed by atoms with Gasteiger partial charge in [-0.25, -0.2) is 18.4 Å². The van der Waals surface area contributed by atoms with Crippen LogP contribution in [0.3, 0.4) is 0 Å². The number of anilines is 4. The Balaban J connectivity index is 1.60. The van der Waals surface area contributed by atoms with Crippen molar-refractivity contribution in [3.63, 3.8) is 0 Å². The van der Waals surface area contributed by atoms with Gasteiger partial charge in [0.1, 0.15) is 11.6 Å². The molecule has 3 aromatic heterocycles. The summed E-state index contributed by atoms with van der Waals surface area (Å²) in [5, 5.41) is 6.97. The largest absolute Gasteiger partial charge is 0.343 e. The summed E-state index contributed by atoms with van der Waals surface area (Å²) < 4.78 is 27.3. The number of amides is 1. The third-order valence-corrected chi connectivity index (χ3v) is 6.30. The number of hydrogen-bond donors (Lipinski definition) is 2. The second-order valence-corrected chi connectivity index (χ2v) is 9.69. The number of nitrogens with one attached hydrogen (secondary N) is 2. The van der Waals surface area contributed by atoms with Crippen LogP contribution in [0.2, 0.25) is 0 Å². The van der Waals surface area contributed by atoms with Crippen molar-refractivity contribution in [2.24, 2.45) is 0 Å². The van der Waals surface area contributed by atoms with E-state index in [4.69, 9.17) is 0 Å². The summed E-state index contributed by atoms with van der Waals surface area (Å²) in [5.74, 6) is 0.936. The van der Waals surface area contributed by atoms with Gasteiger partial charge in [-0.2, -0.15) is 0 Å². The number of aromatic nitrogens is 3. The highest BCUT2D eigenvalue weighted by Gasteiger charge is 2.17. The molecule has 33 heavy (non-hydrogen) atoms. The SMILES string of the molecule is CC(=O)Nc1ccc(Nc2cc3c(ccn3Cc3cccnc3N(C)S(C)(=O)=O)cn2)cc1. The molecule has 1 aromatic carbocycles. The van der Waals surface area contributed by atoms with Crippen molar-refractivity contribution in [3.8, 4) is 0 Å². The van der Waals surface area contributed by atoms with Crippen molar-refractivity contribution in [2.45, 2.75) is 13.5 Å². The Morgan fingerprint density at radius 2 is 1.82 bits per heavy atom. The van der Waals surface area contributed by atoms with Crippen molar-refractivity contribution < 1.29 is 13.2 Å². The Morgan fingerprint density at radius 3 is 2.52 bits per heavy atom. The Labute approximate surface area is 192 Å². The van der Waals surface area contributed by atoms with Gasteiger partial charge in [-0.15, -0.1) is 0 Å². The maximum Gasteiger partial charge on any atom is 0.233 e. The standard InChI is InChI=1S/C23H24N6O3S/c1-16(30)26-19-6-8-20(9-7-19)27-22-13-21-17(14-25-22)10-12-29(21)15-18-5-4-11-24-23(18)28(2)33(3,31)32/h4-14H,15H2,1-3H3,(H,25,27)(H,26,30). The van der Waals surface area contributed by atoms with Gasteiger partial charge in [0.15, 0.2) is 0 Å². The van der Waals surface area contributed by atoms with Gasteiger partial charge in [0.05, 0.1) is 18.3 Å². The van der Waals surface area contributed by atoms with Crippen molar-refractivity contribution in [2.75, 3.05) is 28.2 Å². The number of pyridine rings is 2.